The summed E-state index contributed by atoms with van der Waals surface area (Å²) in [5.74, 6) is -0.667. The van der Waals surface area contributed by atoms with Crippen LogP contribution in [-0.2, 0) is 0 Å². The van der Waals surface area contributed by atoms with E-state index in [4.69, 9.17) is 4.98 Å². The van der Waals surface area contributed by atoms with Crippen molar-refractivity contribution >= 4 is 33.7 Å². The highest BCUT2D eigenvalue weighted by atomic mass is 19.1. The van der Waals surface area contributed by atoms with Crippen molar-refractivity contribution in [1.82, 2.24) is 25.1 Å². The van der Waals surface area contributed by atoms with Crippen LogP contribution in [0.2, 0.25) is 0 Å². The molecule has 4 heterocycles. The van der Waals surface area contributed by atoms with Crippen LogP contribution in [0.5, 0.6) is 5.75 Å². The first-order chi connectivity index (χ1) is 16.1. The van der Waals surface area contributed by atoms with E-state index in [1.54, 1.807) is 18.6 Å². The summed E-state index contributed by atoms with van der Waals surface area (Å²) < 4.78 is 13.9. The Morgan fingerprint density at radius 2 is 2.03 bits per heavy atom. The van der Waals surface area contributed by atoms with Gasteiger partial charge in [-0.1, -0.05) is 12.7 Å². The van der Waals surface area contributed by atoms with Gasteiger partial charge in [0.25, 0.3) is 0 Å². The number of phenolic OH excluding ortho intramolecular Hbond substituents is 1. The molecule has 8 heteroatoms. The molecule has 162 valence electrons. The van der Waals surface area contributed by atoms with Gasteiger partial charge in [-0.2, -0.15) is 5.10 Å². The number of aliphatic imine (C=N–C) groups is 1. The van der Waals surface area contributed by atoms with E-state index in [0.717, 1.165) is 39.4 Å². The molecule has 3 N–H and O–H groups in total. The van der Waals surface area contributed by atoms with Gasteiger partial charge in [-0.3, -0.25) is 15.1 Å². The predicted molar refractivity (Wildman–Crippen MR) is 128 cm³/mol. The maximum Gasteiger partial charge on any atom is 0.135 e. The number of phenols is 1. The van der Waals surface area contributed by atoms with Crippen LogP contribution in [-0.4, -0.2) is 36.5 Å². The summed E-state index contributed by atoms with van der Waals surface area (Å²) in [6.45, 7) is 5.53. The van der Waals surface area contributed by atoms with Crippen molar-refractivity contribution in [3.05, 3.63) is 79.2 Å². The fourth-order valence-electron chi connectivity index (χ4n) is 3.81. The molecule has 5 rings (SSSR count). The van der Waals surface area contributed by atoms with Crippen molar-refractivity contribution in [1.29, 1.82) is 0 Å². The quantitative estimate of drug-likeness (QED) is 0.309. The van der Waals surface area contributed by atoms with Crippen LogP contribution < -0.4 is 0 Å². The van der Waals surface area contributed by atoms with Gasteiger partial charge in [-0.15, -0.1) is 0 Å². The summed E-state index contributed by atoms with van der Waals surface area (Å²) in [5.41, 5.74) is 6.46. The number of rotatable bonds is 5. The first kappa shape index (κ1) is 20.3. The molecule has 0 saturated carbocycles. The number of H-pyrrole nitrogens is 2. The average Bonchev–Trinajstić information content (AvgIpc) is 3.42. The Morgan fingerprint density at radius 3 is 2.82 bits per heavy atom. The van der Waals surface area contributed by atoms with Crippen LogP contribution in [0, 0.1) is 5.82 Å². The van der Waals surface area contributed by atoms with Gasteiger partial charge in [0.15, 0.2) is 0 Å². The van der Waals surface area contributed by atoms with E-state index in [-0.39, 0.29) is 5.75 Å². The first-order valence-corrected chi connectivity index (χ1v) is 10.2. The van der Waals surface area contributed by atoms with Crippen LogP contribution >= 0.6 is 0 Å². The number of hydrogen-bond donors (Lipinski definition) is 3. The van der Waals surface area contributed by atoms with Gasteiger partial charge in [0.2, 0.25) is 0 Å². The van der Waals surface area contributed by atoms with Crippen molar-refractivity contribution in [2.45, 2.75) is 6.92 Å². The van der Waals surface area contributed by atoms with E-state index < -0.39 is 5.82 Å². The second-order valence-corrected chi connectivity index (χ2v) is 7.40. The fourth-order valence-corrected chi connectivity index (χ4v) is 3.81. The molecule has 0 amide bonds. The molecule has 0 bridgehead atoms. The number of aromatic nitrogens is 5. The van der Waals surface area contributed by atoms with Crippen molar-refractivity contribution in [2.24, 2.45) is 4.99 Å². The minimum atomic E-state index is -0.521. The standard InChI is InChI=1S/C25H19FN6O/c1-3-14(11-27-4-2)20-5-6-21-24(30-20)25(32-31-21)22-10-18-19(12-28-13-23(18)29-22)15-7-16(26)9-17(33)8-15/h3-13,29,33H,2H2,1H3,(H,31,32)/b14-3+,27-11?. The Bertz CT molecular complexity index is 1560. The normalized spacial score (nSPS) is 12.2. The lowest BCUT2D eigenvalue weighted by Gasteiger charge is -2.04. The predicted octanol–water partition coefficient (Wildman–Crippen LogP) is 5.63. The summed E-state index contributed by atoms with van der Waals surface area (Å²) in [5, 5.41) is 18.2. The molecule has 0 unspecified atom stereocenters. The van der Waals surface area contributed by atoms with E-state index in [1.807, 2.05) is 31.2 Å². The van der Waals surface area contributed by atoms with Crippen molar-refractivity contribution in [3.8, 4) is 28.3 Å². The summed E-state index contributed by atoms with van der Waals surface area (Å²) in [4.78, 5) is 16.5. The fraction of sp³-hybridized carbons (Fsp3) is 0.0400. The van der Waals surface area contributed by atoms with Crippen molar-refractivity contribution < 1.29 is 9.50 Å². The molecular formula is C25H19FN6O. The molecule has 5 aromatic rings. The molecular weight excluding hydrogens is 419 g/mol. The van der Waals surface area contributed by atoms with Gasteiger partial charge in [0.05, 0.1) is 28.6 Å². The minimum absolute atomic E-state index is 0.146. The maximum absolute atomic E-state index is 13.9. The highest BCUT2D eigenvalue weighted by Crippen LogP contribution is 2.34. The summed E-state index contributed by atoms with van der Waals surface area (Å²) >= 11 is 0. The second kappa shape index (κ2) is 8.16. The molecule has 0 aliphatic heterocycles. The Balaban J connectivity index is 1.65. The Morgan fingerprint density at radius 1 is 1.15 bits per heavy atom. The highest BCUT2D eigenvalue weighted by molar-refractivity contribution is 6.10. The zero-order chi connectivity index (χ0) is 22.9. The Kier molecular flexibility index (Phi) is 5.02. The van der Waals surface area contributed by atoms with Crippen molar-refractivity contribution in [3.63, 3.8) is 0 Å². The molecule has 0 aliphatic carbocycles. The third-order valence-corrected chi connectivity index (χ3v) is 5.33. The SMILES string of the molecule is C=CN=C/C(=C\C)c1ccc2[nH]nc(-c3cc4c(-c5cc(O)cc(F)c5)cncc4[nH]3)c2n1. The molecule has 0 aliphatic rings. The number of nitrogens with zero attached hydrogens (tertiary/aromatic N) is 4. The topological polar surface area (TPSA) is 103 Å². The van der Waals surface area contributed by atoms with E-state index in [9.17, 15) is 9.50 Å². The van der Waals surface area contributed by atoms with Crippen LogP contribution in [0.4, 0.5) is 4.39 Å². The van der Waals surface area contributed by atoms with Gasteiger partial charge < -0.3 is 10.1 Å². The lowest BCUT2D eigenvalue weighted by atomic mass is 10.0. The Labute approximate surface area is 188 Å². The summed E-state index contributed by atoms with van der Waals surface area (Å²) in [7, 11) is 0. The van der Waals surface area contributed by atoms with Crippen LogP contribution in [0.15, 0.2) is 72.6 Å². The molecule has 0 spiro atoms. The van der Waals surface area contributed by atoms with Gasteiger partial charge >= 0.3 is 0 Å². The third kappa shape index (κ3) is 3.67. The maximum atomic E-state index is 13.9. The zero-order valence-corrected chi connectivity index (χ0v) is 17.7. The lowest BCUT2D eigenvalue weighted by molar-refractivity contribution is 0.469. The van der Waals surface area contributed by atoms with E-state index >= 15 is 0 Å². The number of halogens is 1. The van der Waals surface area contributed by atoms with Gasteiger partial charge in [0, 0.05) is 41.2 Å². The summed E-state index contributed by atoms with van der Waals surface area (Å²) in [6.07, 6.45) is 8.44. The number of nitrogens with one attached hydrogen (secondary N) is 2. The van der Waals surface area contributed by atoms with Crippen LogP contribution in [0.25, 0.3) is 50.0 Å². The largest absolute Gasteiger partial charge is 0.508 e. The molecule has 0 saturated heterocycles. The number of benzene rings is 1. The average molecular weight is 438 g/mol. The van der Waals surface area contributed by atoms with Crippen molar-refractivity contribution in [2.75, 3.05) is 0 Å². The number of fused-ring (bicyclic) bond motifs is 2. The molecule has 33 heavy (non-hydrogen) atoms. The third-order valence-electron chi connectivity index (χ3n) is 5.33. The lowest BCUT2D eigenvalue weighted by Crippen LogP contribution is -1.91. The molecule has 0 radical (unpaired) electrons. The summed E-state index contributed by atoms with van der Waals surface area (Å²) in [6, 6.07) is 9.69. The van der Waals surface area contributed by atoms with E-state index in [2.05, 4.69) is 31.7 Å². The number of allylic oxidation sites excluding steroid dienone is 2. The van der Waals surface area contributed by atoms with Crippen LogP contribution in [0.3, 0.4) is 0 Å². The smallest absolute Gasteiger partial charge is 0.135 e. The van der Waals surface area contributed by atoms with Gasteiger partial charge in [0.1, 0.15) is 22.8 Å². The molecule has 0 atom stereocenters. The van der Waals surface area contributed by atoms with E-state index in [1.165, 1.54) is 18.3 Å². The number of pyridine rings is 2. The molecule has 0 fully saturated rings. The van der Waals surface area contributed by atoms with Gasteiger partial charge in [-0.25, -0.2) is 9.37 Å². The Hall–Kier alpha value is -4.59. The molecule has 7 nitrogen and oxygen atoms in total. The molecule has 4 aromatic heterocycles. The molecule has 1 aromatic carbocycles. The number of aromatic hydroxyl groups is 1. The first-order valence-electron chi connectivity index (χ1n) is 10.2. The second-order valence-electron chi connectivity index (χ2n) is 7.40. The zero-order valence-electron chi connectivity index (χ0n) is 17.7. The number of aromatic amines is 2. The van der Waals surface area contributed by atoms with Gasteiger partial charge in [-0.05, 0) is 42.8 Å². The van der Waals surface area contributed by atoms with E-state index in [0.29, 0.717) is 22.3 Å². The minimum Gasteiger partial charge on any atom is -0.508 e. The highest BCUT2D eigenvalue weighted by Gasteiger charge is 2.16. The van der Waals surface area contributed by atoms with Crippen LogP contribution in [0.1, 0.15) is 12.6 Å². The monoisotopic (exact) mass is 438 g/mol. The number of hydrogen-bond acceptors (Lipinski definition) is 5.